The number of benzene rings is 1. The SMILES string of the molecule is C[C@@H](O)[C@H](NC(=O)[C@@H](N)CCN)C(=O)N[C@H](CCN)C(=O)N[C@@H](CCCCN)C(=O)N[C@@H](CS)C(=O)N[C@@H](CCN)C(=O)N[C@@H](CCCN=C(N)N)C(=O)N[C@@H](Cc1ccc(O)cc1)C(=O)O. The molecule has 0 aliphatic rings. The molecule has 67 heavy (non-hydrogen) atoms. The number of phenolic OH excluding ortho intramolecular Hbond substituents is 1. The van der Waals surface area contributed by atoms with Crippen LogP contribution in [0.25, 0.3) is 0 Å². The van der Waals surface area contributed by atoms with Crippen molar-refractivity contribution in [3.05, 3.63) is 29.8 Å². The lowest BCUT2D eigenvalue weighted by Crippen LogP contribution is -2.61. The Morgan fingerprint density at radius 1 is 0.582 bits per heavy atom. The highest BCUT2D eigenvalue weighted by atomic mass is 32.1. The maximum absolute atomic E-state index is 13.8. The number of rotatable bonds is 33. The number of hydrogen-bond donors (Lipinski definition) is 18. The molecule has 0 unspecified atom stereocenters. The van der Waals surface area contributed by atoms with Gasteiger partial charge >= 0.3 is 5.97 Å². The van der Waals surface area contributed by atoms with Crippen LogP contribution in [0.4, 0.5) is 0 Å². The van der Waals surface area contributed by atoms with Gasteiger partial charge in [0.25, 0.3) is 0 Å². The predicted molar refractivity (Wildman–Crippen MR) is 250 cm³/mol. The Morgan fingerprint density at radius 2 is 1.01 bits per heavy atom. The fraction of sp³-hybridized carbons (Fsp3) is 0.625. The number of aromatic hydroxyl groups is 1. The molecule has 0 heterocycles. The molecule has 0 saturated heterocycles. The van der Waals surface area contributed by atoms with Crippen molar-refractivity contribution in [1.29, 1.82) is 0 Å². The number of carboxylic acids is 1. The van der Waals surface area contributed by atoms with Gasteiger partial charge in [-0.1, -0.05) is 12.1 Å². The number of carbonyl (C=O) groups excluding carboxylic acids is 7. The van der Waals surface area contributed by atoms with Crippen LogP contribution in [-0.2, 0) is 44.8 Å². The molecule has 7 amide bonds. The van der Waals surface area contributed by atoms with Crippen molar-refractivity contribution in [3.8, 4) is 5.75 Å². The van der Waals surface area contributed by atoms with E-state index < -0.39 is 102 Å². The number of guanidine groups is 1. The maximum Gasteiger partial charge on any atom is 0.326 e. The van der Waals surface area contributed by atoms with Crippen molar-refractivity contribution in [2.45, 2.75) is 119 Å². The van der Waals surface area contributed by atoms with Crippen molar-refractivity contribution < 1.29 is 53.7 Å². The van der Waals surface area contributed by atoms with Gasteiger partial charge in [-0.05, 0) is 102 Å². The molecule has 0 aliphatic carbocycles. The monoisotopic (exact) mass is 970 g/mol. The van der Waals surface area contributed by atoms with Gasteiger partial charge in [0.15, 0.2) is 5.96 Å². The van der Waals surface area contributed by atoms with Gasteiger partial charge in [0.05, 0.1) is 12.1 Å². The summed E-state index contributed by atoms with van der Waals surface area (Å²) in [6.07, 6.45) is -0.903. The number of nitrogens with two attached hydrogens (primary N) is 7. The van der Waals surface area contributed by atoms with Gasteiger partial charge in [-0.2, -0.15) is 12.6 Å². The van der Waals surface area contributed by atoms with Crippen LogP contribution in [0.2, 0.25) is 0 Å². The van der Waals surface area contributed by atoms with E-state index in [4.69, 9.17) is 40.1 Å². The zero-order valence-electron chi connectivity index (χ0n) is 37.7. The van der Waals surface area contributed by atoms with Crippen molar-refractivity contribution >= 4 is 65.9 Å². The number of aliphatic carboxylic acids is 1. The quantitative estimate of drug-likeness (QED) is 0.0135. The number of aliphatic hydroxyl groups is 1. The predicted octanol–water partition coefficient (Wildman–Crippen LogP) is -6.72. The van der Waals surface area contributed by atoms with E-state index in [0.29, 0.717) is 18.4 Å². The number of nitrogens with zero attached hydrogens (tertiary/aromatic N) is 1. The average Bonchev–Trinajstić information content (AvgIpc) is 3.27. The van der Waals surface area contributed by atoms with Crippen LogP contribution >= 0.6 is 12.6 Å². The summed E-state index contributed by atoms with van der Waals surface area (Å²) in [7, 11) is 0. The van der Waals surface area contributed by atoms with E-state index in [0.717, 1.165) is 0 Å². The lowest BCUT2D eigenvalue weighted by Gasteiger charge is -2.28. The van der Waals surface area contributed by atoms with Gasteiger partial charge < -0.3 is 92.7 Å². The van der Waals surface area contributed by atoms with Gasteiger partial charge in [-0.15, -0.1) is 0 Å². The van der Waals surface area contributed by atoms with Crippen LogP contribution in [-0.4, -0.2) is 162 Å². The first-order valence-electron chi connectivity index (χ1n) is 21.8. The number of aliphatic imine (C=N–C) groups is 1. The van der Waals surface area contributed by atoms with Crippen molar-refractivity contribution in [2.24, 2.45) is 45.1 Å². The number of phenols is 1. The van der Waals surface area contributed by atoms with Gasteiger partial charge in [0.2, 0.25) is 41.4 Å². The Labute approximate surface area is 394 Å². The molecule has 378 valence electrons. The number of carboxylic acid groups (broad SMARTS) is 1. The highest BCUT2D eigenvalue weighted by molar-refractivity contribution is 7.80. The van der Waals surface area contributed by atoms with Crippen LogP contribution in [0.1, 0.15) is 63.9 Å². The largest absolute Gasteiger partial charge is 0.508 e. The summed E-state index contributed by atoms with van der Waals surface area (Å²) in [5.74, 6) is -8.04. The number of unbranched alkanes of at least 4 members (excludes halogenated alkanes) is 1. The topological polar surface area (TPSA) is 476 Å². The zero-order chi connectivity index (χ0) is 50.6. The summed E-state index contributed by atoms with van der Waals surface area (Å²) >= 11 is 4.22. The summed E-state index contributed by atoms with van der Waals surface area (Å²) in [5.41, 5.74) is 39.7. The maximum atomic E-state index is 13.8. The Morgan fingerprint density at radius 3 is 1.45 bits per heavy atom. The molecule has 24 N–H and O–H groups in total. The standard InChI is InChI=1S/C40H71N15O11S/c1-21(56)31(55-32(58)24(45)11-15-42)38(64)52-28(13-17-44)36(62)49-25(5-2-3-14-41)34(60)54-30(20-67)37(63)51-27(12-16-43)35(61)50-26(6-4-18-48-40(46)47)33(59)53-29(39(65)66)19-22-7-9-23(57)10-8-22/h7-10,21,24-31,56-57,67H,2-6,11-20,41-45H2,1H3,(H,49,62)(H,50,61)(H,51,63)(H,52,64)(H,53,59)(H,54,60)(H,55,58)(H,65,66)(H4,46,47,48)/t21-,24+,25+,26+,27+,28-,29+,30+,31+/m1/s1. The molecular weight excluding hydrogens is 899 g/mol. The lowest BCUT2D eigenvalue weighted by molar-refractivity contribution is -0.142. The summed E-state index contributed by atoms with van der Waals surface area (Å²) in [6, 6.07) is -5.20. The van der Waals surface area contributed by atoms with Crippen molar-refractivity contribution in [2.75, 3.05) is 38.5 Å². The summed E-state index contributed by atoms with van der Waals surface area (Å²) < 4.78 is 0. The number of nitrogens with one attached hydrogen (secondary N) is 7. The molecule has 26 nitrogen and oxygen atoms in total. The summed E-state index contributed by atoms with van der Waals surface area (Å²) in [6.45, 7) is 1.38. The minimum absolute atomic E-state index is 0.0207. The van der Waals surface area contributed by atoms with Crippen molar-refractivity contribution in [1.82, 2.24) is 37.2 Å². The molecule has 0 spiro atoms. The Hall–Kier alpha value is -5.84. The van der Waals surface area contributed by atoms with Crippen LogP contribution in [0.5, 0.6) is 5.75 Å². The Bertz CT molecular complexity index is 1790. The van der Waals surface area contributed by atoms with E-state index in [1.54, 1.807) is 0 Å². The normalized spacial score (nSPS) is 15.0. The van der Waals surface area contributed by atoms with Crippen LogP contribution < -0.4 is 77.4 Å². The van der Waals surface area contributed by atoms with Crippen LogP contribution in [0.15, 0.2) is 29.3 Å². The first-order chi connectivity index (χ1) is 31.7. The van der Waals surface area contributed by atoms with Crippen LogP contribution in [0, 0.1) is 0 Å². The first-order valence-corrected chi connectivity index (χ1v) is 22.4. The molecule has 27 heteroatoms. The number of aliphatic hydroxyl groups excluding tert-OH is 1. The van der Waals surface area contributed by atoms with E-state index in [1.807, 2.05) is 0 Å². The second-order valence-corrected chi connectivity index (χ2v) is 15.9. The minimum Gasteiger partial charge on any atom is -0.508 e. The number of carbonyl (C=O) groups is 8. The number of thiol groups is 1. The smallest absolute Gasteiger partial charge is 0.326 e. The number of amides is 7. The minimum atomic E-state index is -1.53. The van der Waals surface area contributed by atoms with Gasteiger partial charge in [-0.3, -0.25) is 38.6 Å². The highest BCUT2D eigenvalue weighted by Gasteiger charge is 2.35. The van der Waals surface area contributed by atoms with E-state index >= 15 is 0 Å². The molecule has 0 bridgehead atoms. The van der Waals surface area contributed by atoms with E-state index in [9.17, 15) is 53.7 Å². The second kappa shape index (κ2) is 32.0. The highest BCUT2D eigenvalue weighted by Crippen LogP contribution is 2.13. The lowest BCUT2D eigenvalue weighted by atomic mass is 10.0. The van der Waals surface area contributed by atoms with E-state index in [-0.39, 0.29) is 95.1 Å². The molecule has 1 aromatic carbocycles. The molecule has 9 atom stereocenters. The van der Waals surface area contributed by atoms with Crippen LogP contribution in [0.3, 0.4) is 0 Å². The fourth-order valence-electron chi connectivity index (χ4n) is 6.27. The first kappa shape index (κ1) is 59.2. The van der Waals surface area contributed by atoms with Gasteiger partial charge in [0.1, 0.15) is 48.0 Å². The zero-order valence-corrected chi connectivity index (χ0v) is 38.6. The van der Waals surface area contributed by atoms with E-state index in [1.165, 1.54) is 31.2 Å². The Balaban J connectivity index is 3.27. The third-order valence-electron chi connectivity index (χ3n) is 10.0. The molecule has 0 aliphatic heterocycles. The average molecular weight is 970 g/mol. The fourth-order valence-corrected chi connectivity index (χ4v) is 6.52. The third kappa shape index (κ3) is 22.5. The molecule has 1 rings (SSSR count). The molecule has 0 aromatic heterocycles. The Kier molecular flexibility index (Phi) is 28.2. The van der Waals surface area contributed by atoms with Gasteiger partial charge in [0, 0.05) is 18.7 Å². The molecule has 0 saturated carbocycles. The van der Waals surface area contributed by atoms with Crippen molar-refractivity contribution in [3.63, 3.8) is 0 Å². The third-order valence-corrected chi connectivity index (χ3v) is 10.4. The molecule has 0 radical (unpaired) electrons. The second-order valence-electron chi connectivity index (χ2n) is 15.6. The molecule has 1 aromatic rings. The van der Waals surface area contributed by atoms with Gasteiger partial charge in [-0.25, -0.2) is 4.79 Å². The van der Waals surface area contributed by atoms with E-state index in [2.05, 4.69) is 54.8 Å². The number of hydrogen-bond acceptors (Lipinski definition) is 17. The summed E-state index contributed by atoms with van der Waals surface area (Å²) in [5, 5.41) is 47.1. The summed E-state index contributed by atoms with van der Waals surface area (Å²) in [4.78, 5) is 110. The molecular formula is C40H71N15O11S. The molecule has 0 fully saturated rings.